The lowest BCUT2D eigenvalue weighted by Crippen LogP contribution is -2.11. The predicted octanol–water partition coefficient (Wildman–Crippen LogP) is -0.258. The molecule has 0 aliphatic rings. The molecule has 1 rings (SSSR count). The molecule has 0 aliphatic carbocycles. The van der Waals surface area contributed by atoms with Crippen LogP contribution in [0, 0.1) is 0 Å². The summed E-state index contributed by atoms with van der Waals surface area (Å²) in [6.45, 7) is 1.44. The molecule has 1 aromatic rings. The largest absolute Gasteiger partial charge is 0.399 e. The number of nitrogens with two attached hydrogens (primary N) is 2. The van der Waals surface area contributed by atoms with Crippen LogP contribution in [-0.4, -0.2) is 28.0 Å². The van der Waals surface area contributed by atoms with Crippen LogP contribution in [0.5, 0.6) is 0 Å². The standard InChI is InChI=1S/C6H8N2O2S.C2H6O4S/c7-5-1-3-6(4-2-5)11(8,9)10;1-2-6-7(3,4)5/h1-4H,7H2,(H2,8,9,10);2H2,1H3,(H,3,4,5). The molecule has 0 atom stereocenters. The molecule has 104 valence electrons. The Morgan fingerprint density at radius 1 is 1.17 bits per heavy atom. The highest BCUT2D eigenvalue weighted by molar-refractivity contribution is 7.89. The number of primary sulfonamides is 1. The smallest absolute Gasteiger partial charge is 0.397 e. The lowest BCUT2D eigenvalue weighted by Gasteiger charge is -1.96. The molecule has 18 heavy (non-hydrogen) atoms. The van der Waals surface area contributed by atoms with E-state index in [1.54, 1.807) is 0 Å². The minimum atomic E-state index is -4.17. The highest BCUT2D eigenvalue weighted by atomic mass is 32.3. The van der Waals surface area contributed by atoms with Gasteiger partial charge in [0.2, 0.25) is 10.0 Å². The first-order valence-electron chi connectivity index (χ1n) is 4.56. The Bertz CT molecular complexity index is 564. The molecule has 0 spiro atoms. The van der Waals surface area contributed by atoms with Crippen molar-refractivity contribution >= 4 is 26.1 Å². The van der Waals surface area contributed by atoms with Crippen LogP contribution in [0.15, 0.2) is 29.2 Å². The number of anilines is 1. The van der Waals surface area contributed by atoms with E-state index in [-0.39, 0.29) is 11.5 Å². The molecule has 0 radical (unpaired) electrons. The van der Waals surface area contributed by atoms with Crippen molar-refractivity contribution in [2.24, 2.45) is 5.14 Å². The first-order valence-corrected chi connectivity index (χ1v) is 7.47. The Morgan fingerprint density at radius 3 is 1.83 bits per heavy atom. The zero-order valence-electron chi connectivity index (χ0n) is 9.48. The monoisotopic (exact) mass is 298 g/mol. The van der Waals surface area contributed by atoms with Gasteiger partial charge in [0.25, 0.3) is 0 Å². The molecule has 0 aromatic heterocycles. The maximum absolute atomic E-state index is 10.7. The summed E-state index contributed by atoms with van der Waals surface area (Å²) in [4.78, 5) is 0.0756. The summed E-state index contributed by atoms with van der Waals surface area (Å²) in [7, 11) is -7.75. The number of rotatable bonds is 3. The number of benzene rings is 1. The van der Waals surface area contributed by atoms with E-state index in [9.17, 15) is 16.8 Å². The van der Waals surface area contributed by atoms with Crippen LogP contribution in [0.3, 0.4) is 0 Å². The molecule has 0 amide bonds. The Labute approximate surface area is 106 Å². The van der Waals surface area contributed by atoms with Crippen LogP contribution < -0.4 is 10.9 Å². The molecule has 8 nitrogen and oxygen atoms in total. The fourth-order valence-electron chi connectivity index (χ4n) is 0.806. The van der Waals surface area contributed by atoms with Gasteiger partial charge in [0.1, 0.15) is 0 Å². The van der Waals surface area contributed by atoms with Crippen molar-refractivity contribution in [2.75, 3.05) is 12.3 Å². The molecule has 0 aliphatic heterocycles. The summed E-state index contributed by atoms with van der Waals surface area (Å²) in [5.41, 5.74) is 5.85. The van der Waals surface area contributed by atoms with Crippen molar-refractivity contribution in [1.82, 2.24) is 0 Å². The van der Waals surface area contributed by atoms with E-state index in [0.717, 1.165) is 0 Å². The van der Waals surface area contributed by atoms with Gasteiger partial charge in [-0.25, -0.2) is 17.7 Å². The molecule has 0 fully saturated rings. The van der Waals surface area contributed by atoms with Gasteiger partial charge in [-0.15, -0.1) is 0 Å². The third kappa shape index (κ3) is 7.97. The summed E-state index contributed by atoms with van der Waals surface area (Å²) >= 11 is 0. The normalized spacial score (nSPS) is 11.5. The molecule has 1 aromatic carbocycles. The molecular formula is C8H14N2O6S2. The molecule has 10 heteroatoms. The Hall–Kier alpha value is -1.20. The predicted molar refractivity (Wildman–Crippen MR) is 65.4 cm³/mol. The number of sulfonamides is 1. The van der Waals surface area contributed by atoms with Crippen LogP contribution in [0.4, 0.5) is 5.69 Å². The second kappa shape index (κ2) is 6.66. The molecule has 0 heterocycles. The van der Waals surface area contributed by atoms with E-state index < -0.39 is 20.4 Å². The van der Waals surface area contributed by atoms with Crippen molar-refractivity contribution in [3.63, 3.8) is 0 Å². The molecule has 0 saturated heterocycles. The van der Waals surface area contributed by atoms with Crippen LogP contribution >= 0.6 is 0 Å². The summed E-state index contributed by atoms with van der Waals surface area (Å²) in [5, 5.41) is 4.84. The first-order chi connectivity index (χ1) is 8.06. The zero-order chi connectivity index (χ0) is 14.4. The number of nitrogen functional groups attached to an aromatic ring is 1. The van der Waals surface area contributed by atoms with E-state index in [0.29, 0.717) is 5.69 Å². The van der Waals surface area contributed by atoms with Crippen LogP contribution in [0.2, 0.25) is 0 Å². The lowest BCUT2D eigenvalue weighted by atomic mass is 10.3. The average molecular weight is 298 g/mol. The van der Waals surface area contributed by atoms with Crippen LogP contribution in [0.1, 0.15) is 6.92 Å². The Balaban J connectivity index is 0.000000360. The van der Waals surface area contributed by atoms with E-state index in [4.69, 9.17) is 15.4 Å². The highest BCUT2D eigenvalue weighted by Gasteiger charge is 2.05. The molecule has 0 bridgehead atoms. The maximum Gasteiger partial charge on any atom is 0.397 e. The van der Waals surface area contributed by atoms with Crippen LogP contribution in [-0.2, 0) is 24.6 Å². The second-order valence-electron chi connectivity index (χ2n) is 2.95. The third-order valence-electron chi connectivity index (χ3n) is 1.48. The SMILES string of the molecule is CCOS(=O)(=O)O.Nc1ccc(S(N)(=O)=O)cc1. The topological polar surface area (TPSA) is 150 Å². The van der Waals surface area contributed by atoms with E-state index >= 15 is 0 Å². The van der Waals surface area contributed by atoms with Gasteiger partial charge in [0, 0.05) is 5.69 Å². The number of hydrogen-bond acceptors (Lipinski definition) is 6. The summed E-state index contributed by atoms with van der Waals surface area (Å²) in [6.07, 6.45) is 0. The molecule has 5 N–H and O–H groups in total. The van der Waals surface area contributed by atoms with Gasteiger partial charge >= 0.3 is 10.4 Å². The van der Waals surface area contributed by atoms with Gasteiger partial charge in [0.15, 0.2) is 0 Å². The molecule has 0 saturated carbocycles. The minimum Gasteiger partial charge on any atom is -0.399 e. The van der Waals surface area contributed by atoms with Crippen LogP contribution in [0.25, 0.3) is 0 Å². The van der Waals surface area contributed by atoms with E-state index in [1.165, 1.54) is 31.2 Å². The van der Waals surface area contributed by atoms with Crippen molar-refractivity contribution < 1.29 is 25.6 Å². The lowest BCUT2D eigenvalue weighted by molar-refractivity contribution is 0.283. The first kappa shape index (κ1) is 16.8. The van der Waals surface area contributed by atoms with Crippen molar-refractivity contribution in [1.29, 1.82) is 0 Å². The average Bonchev–Trinajstić information content (AvgIpc) is 2.15. The highest BCUT2D eigenvalue weighted by Crippen LogP contribution is 2.08. The third-order valence-corrected chi connectivity index (χ3v) is 2.94. The van der Waals surface area contributed by atoms with Crippen molar-refractivity contribution in [3.8, 4) is 0 Å². The molecular weight excluding hydrogens is 284 g/mol. The fraction of sp³-hybridized carbons (Fsp3) is 0.250. The van der Waals surface area contributed by atoms with Gasteiger partial charge in [-0.2, -0.15) is 8.42 Å². The maximum atomic E-state index is 10.7. The minimum absolute atomic E-state index is 0.0289. The fourth-order valence-corrected chi connectivity index (χ4v) is 1.62. The molecule has 0 unspecified atom stereocenters. The van der Waals surface area contributed by atoms with Gasteiger partial charge in [-0.05, 0) is 31.2 Å². The van der Waals surface area contributed by atoms with Gasteiger partial charge < -0.3 is 5.73 Å². The Kier molecular flexibility index (Phi) is 6.21. The quantitative estimate of drug-likeness (QED) is 0.514. The summed E-state index contributed by atoms with van der Waals surface area (Å²) in [5.74, 6) is 0. The van der Waals surface area contributed by atoms with Crippen molar-refractivity contribution in [3.05, 3.63) is 24.3 Å². The second-order valence-corrected chi connectivity index (χ2v) is 5.60. The zero-order valence-corrected chi connectivity index (χ0v) is 11.1. The van der Waals surface area contributed by atoms with E-state index in [2.05, 4.69) is 4.18 Å². The van der Waals surface area contributed by atoms with Gasteiger partial charge in [-0.1, -0.05) is 0 Å². The number of hydrogen-bond donors (Lipinski definition) is 3. The summed E-state index contributed by atoms with van der Waals surface area (Å²) < 4.78 is 52.0. The summed E-state index contributed by atoms with van der Waals surface area (Å²) in [6, 6.07) is 5.70. The van der Waals surface area contributed by atoms with Gasteiger partial charge in [0.05, 0.1) is 11.5 Å². The van der Waals surface area contributed by atoms with Crippen molar-refractivity contribution in [2.45, 2.75) is 11.8 Å². The van der Waals surface area contributed by atoms with E-state index in [1.807, 2.05) is 0 Å². The Morgan fingerprint density at radius 2 is 1.61 bits per heavy atom. The van der Waals surface area contributed by atoms with Gasteiger partial charge in [-0.3, -0.25) is 4.55 Å².